The first-order chi connectivity index (χ1) is 11.0. The predicted molar refractivity (Wildman–Crippen MR) is 90.5 cm³/mol. The number of hydrogen-bond acceptors (Lipinski definition) is 3. The van der Waals surface area contributed by atoms with Crippen molar-refractivity contribution < 1.29 is 9.59 Å². The smallest absolute Gasteiger partial charge is 0.241 e. The molecule has 0 saturated carbocycles. The van der Waals surface area contributed by atoms with Crippen LogP contribution in [0, 0.1) is 0 Å². The lowest BCUT2D eigenvalue weighted by molar-refractivity contribution is -0.143. The van der Waals surface area contributed by atoms with E-state index in [0.29, 0.717) is 19.4 Å². The van der Waals surface area contributed by atoms with E-state index in [-0.39, 0.29) is 18.0 Å². The third-order valence-corrected chi connectivity index (χ3v) is 4.42. The van der Waals surface area contributed by atoms with Crippen LogP contribution in [0.1, 0.15) is 38.2 Å². The zero-order chi connectivity index (χ0) is 16.8. The topological polar surface area (TPSA) is 66.6 Å². The van der Waals surface area contributed by atoms with Crippen molar-refractivity contribution in [2.75, 3.05) is 13.6 Å². The third kappa shape index (κ3) is 4.32. The van der Waals surface area contributed by atoms with Crippen LogP contribution in [-0.2, 0) is 16.0 Å². The van der Waals surface area contributed by atoms with E-state index >= 15 is 0 Å². The molecule has 1 fully saturated rings. The number of carbonyl (C=O) groups excluding carboxylic acids is 2. The molecule has 2 unspecified atom stereocenters. The van der Waals surface area contributed by atoms with Crippen LogP contribution >= 0.6 is 0 Å². The lowest BCUT2D eigenvalue weighted by Crippen LogP contribution is -2.53. The van der Waals surface area contributed by atoms with Gasteiger partial charge in [0.1, 0.15) is 6.17 Å². The summed E-state index contributed by atoms with van der Waals surface area (Å²) in [6.45, 7) is 2.66. The maximum atomic E-state index is 12.7. The lowest BCUT2D eigenvalue weighted by atomic mass is 10.1. The van der Waals surface area contributed by atoms with E-state index in [9.17, 15) is 9.59 Å². The van der Waals surface area contributed by atoms with Gasteiger partial charge in [-0.2, -0.15) is 0 Å². The van der Waals surface area contributed by atoms with Crippen molar-refractivity contribution in [3.63, 3.8) is 0 Å². The summed E-state index contributed by atoms with van der Waals surface area (Å²) in [7, 11) is 1.79. The molecule has 1 aromatic rings. The zero-order valence-corrected chi connectivity index (χ0v) is 14.1. The molecule has 0 spiro atoms. The second-order valence-corrected chi connectivity index (χ2v) is 6.21. The normalized spacial score (nSPS) is 18.7. The summed E-state index contributed by atoms with van der Waals surface area (Å²) in [5, 5.41) is 0. The maximum Gasteiger partial charge on any atom is 0.241 e. The Morgan fingerprint density at radius 2 is 2.04 bits per heavy atom. The monoisotopic (exact) mass is 317 g/mol. The van der Waals surface area contributed by atoms with Gasteiger partial charge in [-0.3, -0.25) is 9.59 Å². The van der Waals surface area contributed by atoms with Crippen LogP contribution in [-0.4, -0.2) is 47.4 Å². The van der Waals surface area contributed by atoms with Gasteiger partial charge >= 0.3 is 0 Å². The molecule has 0 radical (unpaired) electrons. The van der Waals surface area contributed by atoms with Crippen LogP contribution in [0.25, 0.3) is 0 Å². The van der Waals surface area contributed by atoms with Crippen molar-refractivity contribution in [1.29, 1.82) is 0 Å². The van der Waals surface area contributed by atoms with Crippen LogP contribution in [0.3, 0.4) is 0 Å². The predicted octanol–water partition coefficient (Wildman–Crippen LogP) is 1.76. The van der Waals surface area contributed by atoms with Crippen LogP contribution in [0.15, 0.2) is 30.3 Å². The highest BCUT2D eigenvalue weighted by atomic mass is 16.2. The van der Waals surface area contributed by atoms with Gasteiger partial charge in [0.2, 0.25) is 11.8 Å². The zero-order valence-electron chi connectivity index (χ0n) is 14.1. The van der Waals surface area contributed by atoms with Crippen LogP contribution in [0.5, 0.6) is 0 Å². The Labute approximate surface area is 138 Å². The number of nitrogens with zero attached hydrogens (tertiary/aromatic N) is 2. The second kappa shape index (κ2) is 8.11. The summed E-state index contributed by atoms with van der Waals surface area (Å²) < 4.78 is 0. The molecule has 126 valence electrons. The average molecular weight is 317 g/mol. The Hall–Kier alpha value is -1.88. The molecule has 23 heavy (non-hydrogen) atoms. The highest BCUT2D eigenvalue weighted by Gasteiger charge is 2.35. The largest absolute Gasteiger partial charge is 0.325 e. The van der Waals surface area contributed by atoms with Gasteiger partial charge < -0.3 is 15.5 Å². The Balaban J connectivity index is 2.00. The molecule has 0 aliphatic carbocycles. The van der Waals surface area contributed by atoms with E-state index in [1.54, 1.807) is 16.8 Å². The average Bonchev–Trinajstić information content (AvgIpc) is 3.04. The quantitative estimate of drug-likeness (QED) is 0.869. The van der Waals surface area contributed by atoms with Crippen molar-refractivity contribution in [2.24, 2.45) is 5.73 Å². The van der Waals surface area contributed by atoms with E-state index in [4.69, 9.17) is 5.73 Å². The van der Waals surface area contributed by atoms with E-state index < -0.39 is 6.04 Å². The molecule has 5 heteroatoms. The fourth-order valence-corrected chi connectivity index (χ4v) is 3.13. The summed E-state index contributed by atoms with van der Waals surface area (Å²) in [6, 6.07) is 9.23. The number of likely N-dealkylation sites (tertiary alicyclic amines) is 1. The van der Waals surface area contributed by atoms with Crippen molar-refractivity contribution >= 4 is 11.8 Å². The number of amides is 2. The molecule has 2 rings (SSSR count). The number of benzene rings is 1. The summed E-state index contributed by atoms with van der Waals surface area (Å²) in [5.41, 5.74) is 7.19. The summed E-state index contributed by atoms with van der Waals surface area (Å²) in [4.78, 5) is 28.3. The molecule has 1 saturated heterocycles. The molecule has 1 aliphatic heterocycles. The maximum absolute atomic E-state index is 12.7. The van der Waals surface area contributed by atoms with E-state index in [1.165, 1.54) is 0 Å². The number of rotatable bonds is 6. The standard InChI is InChI=1S/C18H27N3O2/c1-3-8-17(22)20(2)16-11-7-12-21(16)18(23)15(19)13-14-9-5-4-6-10-14/h4-6,9-10,15-16H,3,7-8,11-13,19H2,1-2H3. The fourth-order valence-electron chi connectivity index (χ4n) is 3.13. The first kappa shape index (κ1) is 17.5. The molecule has 2 atom stereocenters. The van der Waals surface area contributed by atoms with E-state index in [1.807, 2.05) is 37.3 Å². The molecular weight excluding hydrogens is 290 g/mol. The second-order valence-electron chi connectivity index (χ2n) is 6.21. The Morgan fingerprint density at radius 1 is 1.35 bits per heavy atom. The van der Waals surface area contributed by atoms with Gasteiger partial charge in [0.05, 0.1) is 6.04 Å². The minimum absolute atomic E-state index is 0.0625. The van der Waals surface area contributed by atoms with Crippen LogP contribution < -0.4 is 5.73 Å². The first-order valence-corrected chi connectivity index (χ1v) is 8.40. The SMILES string of the molecule is CCCC(=O)N(C)C1CCCN1C(=O)C(N)Cc1ccccc1. The number of nitrogens with two attached hydrogens (primary N) is 1. The molecule has 0 bridgehead atoms. The highest BCUT2D eigenvalue weighted by molar-refractivity contribution is 5.83. The summed E-state index contributed by atoms with van der Waals surface area (Å²) in [6.07, 6.45) is 3.45. The van der Waals surface area contributed by atoms with Gasteiger partial charge in [-0.05, 0) is 31.2 Å². The van der Waals surface area contributed by atoms with E-state index in [0.717, 1.165) is 24.8 Å². The minimum Gasteiger partial charge on any atom is -0.325 e. The molecule has 0 aromatic heterocycles. The van der Waals surface area contributed by atoms with Gasteiger partial charge in [-0.1, -0.05) is 37.3 Å². The summed E-state index contributed by atoms with van der Waals surface area (Å²) in [5.74, 6) is 0.0290. The summed E-state index contributed by atoms with van der Waals surface area (Å²) >= 11 is 0. The highest BCUT2D eigenvalue weighted by Crippen LogP contribution is 2.22. The Morgan fingerprint density at radius 3 is 2.70 bits per heavy atom. The van der Waals surface area contributed by atoms with Crippen LogP contribution in [0.4, 0.5) is 0 Å². The Bertz CT molecular complexity index is 532. The molecule has 1 aliphatic rings. The van der Waals surface area contributed by atoms with E-state index in [2.05, 4.69) is 0 Å². The van der Waals surface area contributed by atoms with Gasteiger partial charge in [0, 0.05) is 20.0 Å². The molecule has 2 amide bonds. The molecule has 2 N–H and O–H groups in total. The van der Waals surface area contributed by atoms with Crippen molar-refractivity contribution in [2.45, 2.75) is 51.2 Å². The molecule has 1 heterocycles. The Kier molecular flexibility index (Phi) is 6.16. The van der Waals surface area contributed by atoms with Crippen molar-refractivity contribution in [1.82, 2.24) is 9.80 Å². The van der Waals surface area contributed by atoms with Crippen molar-refractivity contribution in [3.05, 3.63) is 35.9 Å². The van der Waals surface area contributed by atoms with Gasteiger partial charge in [0.15, 0.2) is 0 Å². The molecule has 5 nitrogen and oxygen atoms in total. The van der Waals surface area contributed by atoms with Crippen LogP contribution in [0.2, 0.25) is 0 Å². The first-order valence-electron chi connectivity index (χ1n) is 8.40. The van der Waals surface area contributed by atoms with Crippen molar-refractivity contribution in [3.8, 4) is 0 Å². The number of hydrogen-bond donors (Lipinski definition) is 1. The molecule has 1 aromatic carbocycles. The third-order valence-electron chi connectivity index (χ3n) is 4.42. The fraction of sp³-hybridized carbons (Fsp3) is 0.556. The lowest BCUT2D eigenvalue weighted by Gasteiger charge is -2.34. The molecular formula is C18H27N3O2. The van der Waals surface area contributed by atoms with Gasteiger partial charge in [0.25, 0.3) is 0 Å². The van der Waals surface area contributed by atoms with Gasteiger partial charge in [-0.25, -0.2) is 0 Å². The number of carbonyl (C=O) groups is 2. The van der Waals surface area contributed by atoms with Gasteiger partial charge in [-0.15, -0.1) is 0 Å². The minimum atomic E-state index is -0.562.